The molecule has 0 heterocycles. The summed E-state index contributed by atoms with van der Waals surface area (Å²) in [5.74, 6) is -0.143. The first-order chi connectivity index (χ1) is 8.65. The zero-order chi connectivity index (χ0) is 13.4. The van der Waals surface area contributed by atoms with Gasteiger partial charge in [-0.25, -0.2) is 0 Å². The van der Waals surface area contributed by atoms with E-state index in [9.17, 15) is 4.79 Å². The van der Waals surface area contributed by atoms with E-state index in [2.05, 4.69) is 28.2 Å². The minimum Gasteiger partial charge on any atom is -0.398 e. The van der Waals surface area contributed by atoms with Gasteiger partial charge in [-0.3, -0.25) is 4.79 Å². The zero-order valence-electron chi connectivity index (χ0n) is 10.5. The number of carbonyl (C=O) groups is 1. The maximum absolute atomic E-state index is 11.8. The van der Waals surface area contributed by atoms with Gasteiger partial charge in [0.15, 0.2) is 0 Å². The Morgan fingerprint density at radius 1 is 1.44 bits per heavy atom. The van der Waals surface area contributed by atoms with Crippen molar-refractivity contribution in [2.45, 2.75) is 19.8 Å². The Bertz CT molecular complexity index is 397. The molecule has 18 heavy (non-hydrogen) atoms. The molecule has 0 bridgehead atoms. The molecular formula is C13H19BrN2O2. The van der Waals surface area contributed by atoms with E-state index in [1.807, 2.05) is 0 Å². The summed E-state index contributed by atoms with van der Waals surface area (Å²) in [5.41, 5.74) is 6.76. The molecule has 5 heteroatoms. The molecule has 0 saturated heterocycles. The number of hydrogen-bond donors (Lipinski definition) is 2. The van der Waals surface area contributed by atoms with Crippen LogP contribution in [0, 0.1) is 0 Å². The smallest absolute Gasteiger partial charge is 0.253 e. The summed E-state index contributed by atoms with van der Waals surface area (Å²) < 4.78 is 6.19. The van der Waals surface area contributed by atoms with E-state index < -0.39 is 0 Å². The fourth-order valence-corrected chi connectivity index (χ4v) is 1.84. The minimum atomic E-state index is -0.143. The maximum atomic E-state index is 11.8. The fraction of sp³-hybridized carbons (Fsp3) is 0.462. The largest absolute Gasteiger partial charge is 0.398 e. The van der Waals surface area contributed by atoms with Crippen molar-refractivity contribution in [1.29, 1.82) is 0 Å². The summed E-state index contributed by atoms with van der Waals surface area (Å²) in [6, 6.07) is 5.23. The SMILES string of the molecule is CCCOCCCNC(=O)c1ccc(Br)cc1N. The number of nitrogens with two attached hydrogens (primary N) is 1. The normalized spacial score (nSPS) is 10.3. The van der Waals surface area contributed by atoms with E-state index >= 15 is 0 Å². The summed E-state index contributed by atoms with van der Waals surface area (Å²) in [5, 5.41) is 2.82. The lowest BCUT2D eigenvalue weighted by molar-refractivity contribution is 0.0942. The zero-order valence-corrected chi connectivity index (χ0v) is 12.1. The van der Waals surface area contributed by atoms with Crippen molar-refractivity contribution in [3.05, 3.63) is 28.2 Å². The van der Waals surface area contributed by atoms with Crippen LogP contribution in [0.2, 0.25) is 0 Å². The lowest BCUT2D eigenvalue weighted by Gasteiger charge is -2.08. The number of anilines is 1. The van der Waals surface area contributed by atoms with E-state index in [1.165, 1.54) is 0 Å². The van der Waals surface area contributed by atoms with Gasteiger partial charge in [-0.2, -0.15) is 0 Å². The Kier molecular flexibility index (Phi) is 6.75. The van der Waals surface area contributed by atoms with Crippen LogP contribution >= 0.6 is 15.9 Å². The number of benzene rings is 1. The lowest BCUT2D eigenvalue weighted by Crippen LogP contribution is -2.26. The van der Waals surface area contributed by atoms with Crippen molar-refractivity contribution in [2.75, 3.05) is 25.5 Å². The molecule has 0 aliphatic heterocycles. The van der Waals surface area contributed by atoms with Gasteiger partial charge in [0, 0.05) is 29.9 Å². The average Bonchev–Trinajstić information content (AvgIpc) is 2.33. The molecule has 1 aromatic carbocycles. The number of nitrogens with one attached hydrogen (secondary N) is 1. The summed E-state index contributed by atoms with van der Waals surface area (Å²) >= 11 is 3.31. The van der Waals surface area contributed by atoms with Crippen molar-refractivity contribution < 1.29 is 9.53 Å². The van der Waals surface area contributed by atoms with Crippen molar-refractivity contribution in [2.24, 2.45) is 0 Å². The van der Waals surface area contributed by atoms with Gasteiger partial charge in [0.1, 0.15) is 0 Å². The van der Waals surface area contributed by atoms with Gasteiger partial charge in [0.05, 0.1) is 5.56 Å². The van der Waals surface area contributed by atoms with Crippen molar-refractivity contribution in [3.63, 3.8) is 0 Å². The third-order valence-corrected chi connectivity index (χ3v) is 2.85. The molecule has 100 valence electrons. The number of halogens is 1. The van der Waals surface area contributed by atoms with E-state index in [0.717, 1.165) is 23.9 Å². The van der Waals surface area contributed by atoms with Crippen LogP contribution in [-0.4, -0.2) is 25.7 Å². The Balaban J connectivity index is 2.32. The van der Waals surface area contributed by atoms with Crippen molar-refractivity contribution >= 4 is 27.5 Å². The highest BCUT2D eigenvalue weighted by molar-refractivity contribution is 9.10. The molecule has 0 spiro atoms. The minimum absolute atomic E-state index is 0.143. The Morgan fingerprint density at radius 3 is 2.89 bits per heavy atom. The fourth-order valence-electron chi connectivity index (χ4n) is 1.46. The van der Waals surface area contributed by atoms with E-state index in [4.69, 9.17) is 10.5 Å². The van der Waals surface area contributed by atoms with Gasteiger partial charge in [-0.1, -0.05) is 22.9 Å². The van der Waals surface area contributed by atoms with Crippen molar-refractivity contribution in [3.8, 4) is 0 Å². The summed E-state index contributed by atoms with van der Waals surface area (Å²) in [6.45, 7) is 4.10. The number of ether oxygens (including phenoxy) is 1. The second kappa shape index (κ2) is 8.11. The summed E-state index contributed by atoms with van der Waals surface area (Å²) in [7, 11) is 0. The van der Waals surface area contributed by atoms with Crippen LogP contribution in [0.1, 0.15) is 30.1 Å². The molecule has 0 radical (unpaired) electrons. The number of hydrogen-bond acceptors (Lipinski definition) is 3. The molecule has 1 aromatic rings. The molecule has 1 amide bonds. The summed E-state index contributed by atoms with van der Waals surface area (Å²) in [6.07, 6.45) is 1.82. The van der Waals surface area contributed by atoms with Crippen LogP contribution in [0.25, 0.3) is 0 Å². The molecule has 1 rings (SSSR count). The number of rotatable bonds is 7. The van der Waals surface area contributed by atoms with Gasteiger partial charge in [-0.15, -0.1) is 0 Å². The molecule has 0 atom stereocenters. The monoisotopic (exact) mass is 314 g/mol. The van der Waals surface area contributed by atoms with Crippen LogP contribution in [0.3, 0.4) is 0 Å². The molecular weight excluding hydrogens is 296 g/mol. The van der Waals surface area contributed by atoms with Crippen LogP contribution in [0.4, 0.5) is 5.69 Å². The molecule has 0 fully saturated rings. The second-order valence-corrected chi connectivity index (χ2v) is 4.87. The molecule has 3 N–H and O–H groups in total. The highest BCUT2D eigenvalue weighted by Crippen LogP contribution is 2.18. The lowest BCUT2D eigenvalue weighted by atomic mass is 10.1. The van der Waals surface area contributed by atoms with Crippen LogP contribution in [0.15, 0.2) is 22.7 Å². The molecule has 0 aliphatic rings. The predicted octanol–water partition coefficient (Wildman–Crippen LogP) is 2.58. The van der Waals surface area contributed by atoms with Gasteiger partial charge < -0.3 is 15.8 Å². The van der Waals surface area contributed by atoms with Gasteiger partial charge in [-0.05, 0) is 31.0 Å². The average molecular weight is 315 g/mol. The Labute approximate surface area is 116 Å². The quantitative estimate of drug-likeness (QED) is 0.600. The molecule has 4 nitrogen and oxygen atoms in total. The highest BCUT2D eigenvalue weighted by Gasteiger charge is 2.08. The number of amides is 1. The first-order valence-corrected chi connectivity index (χ1v) is 6.85. The first-order valence-electron chi connectivity index (χ1n) is 6.06. The maximum Gasteiger partial charge on any atom is 0.253 e. The third-order valence-electron chi connectivity index (χ3n) is 2.36. The predicted molar refractivity (Wildman–Crippen MR) is 76.6 cm³/mol. The third kappa shape index (κ3) is 5.06. The first kappa shape index (κ1) is 15.0. The van der Waals surface area contributed by atoms with Crippen molar-refractivity contribution in [1.82, 2.24) is 5.32 Å². The molecule has 0 aliphatic carbocycles. The van der Waals surface area contributed by atoms with E-state index in [0.29, 0.717) is 24.4 Å². The topological polar surface area (TPSA) is 64.3 Å². The van der Waals surface area contributed by atoms with Gasteiger partial charge >= 0.3 is 0 Å². The standard InChI is InChI=1S/C13H19BrN2O2/c1-2-7-18-8-3-6-16-13(17)11-5-4-10(14)9-12(11)15/h4-5,9H,2-3,6-8,15H2,1H3,(H,16,17). The van der Waals surface area contributed by atoms with Gasteiger partial charge in [0.2, 0.25) is 0 Å². The van der Waals surface area contributed by atoms with Crippen LogP contribution in [-0.2, 0) is 4.74 Å². The number of nitrogen functional groups attached to an aromatic ring is 1. The Morgan fingerprint density at radius 2 is 2.22 bits per heavy atom. The molecule has 0 saturated carbocycles. The van der Waals surface area contributed by atoms with Gasteiger partial charge in [0.25, 0.3) is 5.91 Å². The van der Waals surface area contributed by atoms with E-state index in [-0.39, 0.29) is 5.91 Å². The molecule has 0 unspecified atom stereocenters. The summed E-state index contributed by atoms with van der Waals surface area (Å²) in [4.78, 5) is 11.8. The highest BCUT2D eigenvalue weighted by atomic mass is 79.9. The molecule has 0 aromatic heterocycles. The van der Waals surface area contributed by atoms with Crippen LogP contribution < -0.4 is 11.1 Å². The second-order valence-electron chi connectivity index (χ2n) is 3.95. The number of carbonyl (C=O) groups excluding carboxylic acids is 1. The van der Waals surface area contributed by atoms with Crippen LogP contribution in [0.5, 0.6) is 0 Å². The van der Waals surface area contributed by atoms with E-state index in [1.54, 1.807) is 18.2 Å². The Hall–Kier alpha value is -1.07.